The number of nitrogens with zero attached hydrogens (tertiary/aromatic N) is 11. The molecule has 32 heteroatoms. The zero-order valence-corrected chi connectivity index (χ0v) is 36.4. The van der Waals surface area contributed by atoms with Gasteiger partial charge in [-0.15, -0.1) is 5.10 Å². The van der Waals surface area contributed by atoms with Crippen LogP contribution in [0, 0.1) is 5.92 Å². The van der Waals surface area contributed by atoms with Crippen molar-refractivity contribution in [1.29, 1.82) is 0 Å². The van der Waals surface area contributed by atoms with Crippen molar-refractivity contribution in [2.24, 2.45) is 5.92 Å². The molecular weight excluding hydrogens is 937 g/mol. The number of carbonyl (C=O) groups excluding carboxylic acids is 2. The molecule has 11 atom stereocenters. The zero-order valence-electron chi connectivity index (χ0n) is 33.0. The number of aromatic nitrogens is 11. The molecule has 7 N–H and O–H groups in total. The lowest BCUT2D eigenvalue weighted by molar-refractivity contribution is -0.143. The minimum absolute atomic E-state index is 0.00131. The minimum Gasteiger partial charge on any atom is -0.481 e. The maximum Gasteiger partial charge on any atom is 0.325 e. The quantitative estimate of drug-likeness (QED) is 0.0938. The van der Waals surface area contributed by atoms with Gasteiger partial charge in [0.15, 0.2) is 53.2 Å². The number of hydrogen-bond acceptors (Lipinski definition) is 20. The average Bonchev–Trinajstić information content (AvgIpc) is 4.08. The SMILES string of the molecule is CC(CC(=O)NCc1cn(CCCC(=O)Nc2ncnc3c2ncn3[C@@H]2O[C@@H]3COP(O)(=S)O[C@H]4[C@@H](F)[C@H](n5cnc6c(N)ncnc65)O[C@@H]4COP(O)(=S)O[C@H]3[C@H]2F)nn1)C(=O)O. The number of imidazole rings is 2. The topological polar surface area (TPSA) is 335 Å². The molecule has 3 saturated heterocycles. The van der Waals surface area contributed by atoms with Gasteiger partial charge in [0.2, 0.25) is 11.8 Å². The number of ether oxygens (including phenoxy) is 2. The van der Waals surface area contributed by atoms with Crippen molar-refractivity contribution in [2.45, 2.75) is 88.5 Å². The Balaban J connectivity index is 0.902. The number of aryl methyl sites for hydroxylation is 1. The number of rotatable bonds is 12. The number of anilines is 2. The molecule has 5 aromatic heterocycles. The number of nitrogen functional groups attached to an aromatic ring is 1. The summed E-state index contributed by atoms with van der Waals surface area (Å²) in [4.78, 5) is 82.9. The summed E-state index contributed by atoms with van der Waals surface area (Å²) in [5.74, 6) is -2.78. The molecule has 3 unspecified atom stereocenters. The van der Waals surface area contributed by atoms with Crippen molar-refractivity contribution in [2.75, 3.05) is 24.3 Å². The van der Waals surface area contributed by atoms with Crippen molar-refractivity contribution in [3.63, 3.8) is 0 Å². The molecule has 0 aromatic carbocycles. The van der Waals surface area contributed by atoms with Crippen molar-refractivity contribution in [3.8, 4) is 0 Å². The fourth-order valence-corrected chi connectivity index (χ4v) is 9.87. The van der Waals surface area contributed by atoms with E-state index in [4.69, 9.17) is 62.0 Å². The summed E-state index contributed by atoms with van der Waals surface area (Å²) >= 11 is 10.5. The fraction of sp³-hybridized carbons (Fsp3) is 0.531. The first-order valence-corrected chi connectivity index (χ1v) is 24.3. The summed E-state index contributed by atoms with van der Waals surface area (Å²) in [5.41, 5.74) is 6.70. The number of hydrogen-bond donors (Lipinski definition) is 6. The second-order valence-electron chi connectivity index (χ2n) is 14.7. The van der Waals surface area contributed by atoms with Crippen LogP contribution < -0.4 is 16.4 Å². The van der Waals surface area contributed by atoms with Crippen LogP contribution in [0.4, 0.5) is 20.4 Å². The van der Waals surface area contributed by atoms with Gasteiger partial charge in [-0.05, 0) is 30.0 Å². The van der Waals surface area contributed by atoms with Crippen LogP contribution in [-0.2, 0) is 78.7 Å². The molecule has 5 aromatic rings. The van der Waals surface area contributed by atoms with E-state index < -0.39 is 99.6 Å². The van der Waals surface area contributed by atoms with E-state index in [2.05, 4.69) is 50.8 Å². The molecule has 3 aliphatic heterocycles. The van der Waals surface area contributed by atoms with Crippen LogP contribution in [0.5, 0.6) is 0 Å². The van der Waals surface area contributed by atoms with Gasteiger partial charge in [0.1, 0.15) is 48.3 Å². The maximum atomic E-state index is 16.5. The van der Waals surface area contributed by atoms with E-state index >= 15 is 8.78 Å². The largest absolute Gasteiger partial charge is 0.481 e. The van der Waals surface area contributed by atoms with E-state index in [1.165, 1.54) is 33.4 Å². The third-order valence-electron chi connectivity index (χ3n) is 10.2. The monoisotopic (exact) mass is 974 g/mol. The van der Waals surface area contributed by atoms with E-state index in [1.54, 1.807) is 6.20 Å². The third kappa shape index (κ3) is 9.92. The van der Waals surface area contributed by atoms with Gasteiger partial charge in [0, 0.05) is 19.4 Å². The third-order valence-corrected chi connectivity index (χ3v) is 13.3. The number of carboxylic acids is 1. The van der Waals surface area contributed by atoms with Crippen molar-refractivity contribution >= 4 is 88.8 Å². The Morgan fingerprint density at radius 3 is 2.08 bits per heavy atom. The van der Waals surface area contributed by atoms with E-state index in [1.807, 2.05) is 0 Å². The first-order chi connectivity index (χ1) is 30.5. The zero-order chi connectivity index (χ0) is 45.5. The Labute approximate surface area is 368 Å². The molecule has 0 aliphatic carbocycles. The number of alkyl halides is 2. The molecule has 344 valence electrons. The lowest BCUT2D eigenvalue weighted by atomic mass is 10.1. The standard InChI is InChI=1S/C32H38F2N14O12P2S2/c1-14(32(51)52)5-19(50)36-6-15-7-46(45-44-15)4-2-3-18(49)43-27-23-29(40-11-38-27)48(13-42-23)31-21(34)25-17(58-31)9-56-61(53,63)59-24-16(8-55-62(54,64)60-25)57-30(20(24)33)47-12-41-22-26(35)37-10-39-28(22)47/h7,10-14,16-17,20-21,24-25,30-31H,2-6,8-9H2,1H3,(H,36,50)(H,51,52)(H,53,63)(H,54,64)(H2,35,37,39)(H,38,40,43,49)/t14?,16-,17-,20-,21-,24-,25-,30-,31-,61?,62?/m1/s1. The second kappa shape index (κ2) is 18.6. The molecule has 8 heterocycles. The Morgan fingerprint density at radius 2 is 1.47 bits per heavy atom. The summed E-state index contributed by atoms with van der Waals surface area (Å²) in [5, 5.41) is 22.2. The predicted octanol–water partition coefficient (Wildman–Crippen LogP) is 0.708. The number of fused-ring (bicyclic) bond motifs is 4. The number of carbonyl (C=O) groups is 3. The van der Waals surface area contributed by atoms with Gasteiger partial charge in [-0.2, -0.15) is 0 Å². The molecule has 3 aliphatic rings. The second-order valence-corrected chi connectivity index (χ2v) is 20.2. The Morgan fingerprint density at radius 1 is 0.891 bits per heavy atom. The molecule has 0 radical (unpaired) electrons. The highest BCUT2D eigenvalue weighted by molar-refractivity contribution is 8.07. The van der Waals surface area contributed by atoms with Crippen LogP contribution in [0.25, 0.3) is 22.3 Å². The van der Waals surface area contributed by atoms with Gasteiger partial charge in [0.25, 0.3) is 0 Å². The highest BCUT2D eigenvalue weighted by atomic mass is 32.5. The number of amides is 2. The van der Waals surface area contributed by atoms with Crippen LogP contribution in [0.1, 0.15) is 44.3 Å². The highest BCUT2D eigenvalue weighted by Gasteiger charge is 2.54. The van der Waals surface area contributed by atoms with Crippen molar-refractivity contribution in [3.05, 3.63) is 37.2 Å². The first-order valence-electron chi connectivity index (χ1n) is 19.2. The van der Waals surface area contributed by atoms with E-state index in [-0.39, 0.29) is 59.9 Å². The van der Waals surface area contributed by atoms with Gasteiger partial charge < -0.3 is 49.8 Å². The lowest BCUT2D eigenvalue weighted by Gasteiger charge is -2.29. The van der Waals surface area contributed by atoms with Gasteiger partial charge in [0.05, 0.1) is 44.5 Å². The summed E-state index contributed by atoms with van der Waals surface area (Å²) in [7, 11) is 0. The number of halogens is 2. The maximum absolute atomic E-state index is 16.5. The number of nitrogens with two attached hydrogens (primary N) is 1. The smallest absolute Gasteiger partial charge is 0.325 e. The Hall–Kier alpha value is -4.71. The van der Waals surface area contributed by atoms with Crippen molar-refractivity contribution in [1.82, 2.24) is 59.3 Å². The molecule has 26 nitrogen and oxygen atoms in total. The normalized spacial score (nSPS) is 30.3. The molecule has 0 spiro atoms. The average molecular weight is 975 g/mol. The number of aliphatic carboxylic acids is 1. The molecule has 0 saturated carbocycles. The lowest BCUT2D eigenvalue weighted by Crippen LogP contribution is -2.37. The Kier molecular flexibility index (Phi) is 13.4. The summed E-state index contributed by atoms with van der Waals surface area (Å²) in [6.45, 7) is -8.31. The van der Waals surface area contributed by atoms with Crippen LogP contribution in [0.15, 0.2) is 31.5 Å². The molecule has 3 fully saturated rings. The summed E-state index contributed by atoms with van der Waals surface area (Å²) in [6, 6.07) is 0. The van der Waals surface area contributed by atoms with E-state index in [9.17, 15) is 24.2 Å². The molecule has 0 bridgehead atoms. The first kappa shape index (κ1) is 45.8. The van der Waals surface area contributed by atoms with Gasteiger partial charge in [-0.1, -0.05) is 12.1 Å². The van der Waals surface area contributed by atoms with Crippen LogP contribution in [0.2, 0.25) is 0 Å². The fourth-order valence-electron chi connectivity index (χ4n) is 7.00. The van der Waals surface area contributed by atoms with Crippen LogP contribution in [0.3, 0.4) is 0 Å². The molecule has 2 amide bonds. The number of nitrogens with one attached hydrogen (secondary N) is 2. The minimum atomic E-state index is -4.36. The van der Waals surface area contributed by atoms with Crippen molar-refractivity contribution < 1.29 is 65.6 Å². The summed E-state index contributed by atoms with van der Waals surface area (Å²) in [6.07, 6.45) is -6.93. The summed E-state index contributed by atoms with van der Waals surface area (Å²) < 4.78 is 70.9. The molecular formula is C32H38F2N14O12P2S2. The highest BCUT2D eigenvalue weighted by Crippen LogP contribution is 2.54. The van der Waals surface area contributed by atoms with Crippen LogP contribution >= 0.6 is 13.4 Å². The van der Waals surface area contributed by atoms with E-state index in [0.717, 1.165) is 12.7 Å². The van der Waals surface area contributed by atoms with Gasteiger partial charge in [-0.25, -0.2) is 38.7 Å². The predicted molar refractivity (Wildman–Crippen MR) is 218 cm³/mol. The number of carboxylic acid groups (broad SMARTS) is 1. The Bertz CT molecular complexity index is 2660. The molecule has 8 rings (SSSR count). The van der Waals surface area contributed by atoms with Gasteiger partial charge in [-0.3, -0.25) is 37.2 Å². The van der Waals surface area contributed by atoms with Crippen LogP contribution in [-0.4, -0.2) is 137 Å². The molecule has 64 heavy (non-hydrogen) atoms. The van der Waals surface area contributed by atoms with Gasteiger partial charge >= 0.3 is 19.4 Å². The van der Waals surface area contributed by atoms with E-state index in [0.29, 0.717) is 12.1 Å².